The summed E-state index contributed by atoms with van der Waals surface area (Å²) < 4.78 is 5.61. The van der Waals surface area contributed by atoms with E-state index in [-0.39, 0.29) is 5.97 Å². The lowest BCUT2D eigenvalue weighted by molar-refractivity contribution is -0.139. The van der Waals surface area contributed by atoms with Crippen molar-refractivity contribution >= 4 is 5.97 Å². The van der Waals surface area contributed by atoms with Gasteiger partial charge >= 0.3 is 5.97 Å². The van der Waals surface area contributed by atoms with Gasteiger partial charge in [-0.25, -0.2) is 4.79 Å². The molecular weight excluding hydrogens is 368 g/mol. The number of unbranched alkanes of at least 4 members (excludes halogenated alkanes) is 15. The van der Waals surface area contributed by atoms with Crippen molar-refractivity contribution in [3.8, 4) is 0 Å². The fourth-order valence-corrected chi connectivity index (χ4v) is 4.04. The van der Waals surface area contributed by atoms with Crippen LogP contribution in [0.4, 0.5) is 0 Å². The molecule has 0 fully saturated rings. The maximum Gasteiger partial charge on any atom is 0.333 e. The van der Waals surface area contributed by atoms with E-state index >= 15 is 0 Å². The number of carbonyl (C=O) groups excluding carboxylic acids is 1. The lowest BCUT2D eigenvalue weighted by Gasteiger charge is -2.13. The first-order valence-electron chi connectivity index (χ1n) is 13.5. The third kappa shape index (κ3) is 18.0. The van der Waals surface area contributed by atoms with Gasteiger partial charge in [0.2, 0.25) is 0 Å². The van der Waals surface area contributed by atoms with Gasteiger partial charge in [-0.1, -0.05) is 123 Å². The van der Waals surface area contributed by atoms with Gasteiger partial charge in [-0.2, -0.15) is 0 Å². The Morgan fingerprint density at radius 3 is 1.33 bits per heavy atom. The van der Waals surface area contributed by atoms with Gasteiger partial charge in [-0.05, 0) is 39.0 Å². The Morgan fingerprint density at radius 1 is 0.533 bits per heavy atom. The Bertz CT molecular complexity index is 393. The zero-order chi connectivity index (χ0) is 22.3. The van der Waals surface area contributed by atoms with E-state index in [2.05, 4.69) is 20.8 Å². The van der Waals surface area contributed by atoms with Crippen molar-refractivity contribution < 1.29 is 9.53 Å². The van der Waals surface area contributed by atoms with E-state index in [1.54, 1.807) is 0 Å². The number of esters is 1. The maximum atomic E-state index is 12.6. The fourth-order valence-electron chi connectivity index (χ4n) is 4.04. The van der Waals surface area contributed by atoms with Crippen LogP contribution in [0.5, 0.6) is 0 Å². The highest BCUT2D eigenvalue weighted by Crippen LogP contribution is 2.22. The summed E-state index contributed by atoms with van der Waals surface area (Å²) in [5.41, 5.74) is 2.28. The van der Waals surface area contributed by atoms with Crippen LogP contribution in [0.15, 0.2) is 11.1 Å². The van der Waals surface area contributed by atoms with Crippen LogP contribution in [0, 0.1) is 0 Å². The molecule has 0 atom stereocenters. The molecule has 0 spiro atoms. The summed E-state index contributed by atoms with van der Waals surface area (Å²) in [5, 5.41) is 0. The van der Waals surface area contributed by atoms with Crippen molar-refractivity contribution in [2.24, 2.45) is 0 Å². The molecule has 30 heavy (non-hydrogen) atoms. The molecule has 0 bridgehead atoms. The monoisotopic (exact) mass is 422 g/mol. The lowest BCUT2D eigenvalue weighted by Crippen LogP contribution is -2.10. The Morgan fingerprint density at radius 2 is 0.900 bits per heavy atom. The lowest BCUT2D eigenvalue weighted by atomic mass is 9.96. The first kappa shape index (κ1) is 29.2. The minimum Gasteiger partial charge on any atom is -0.462 e. The average molecular weight is 423 g/mol. The zero-order valence-electron chi connectivity index (χ0n) is 21.2. The van der Waals surface area contributed by atoms with Gasteiger partial charge in [0.1, 0.15) is 0 Å². The van der Waals surface area contributed by atoms with Crippen LogP contribution in [0.2, 0.25) is 0 Å². The molecule has 0 saturated carbocycles. The molecule has 0 aromatic rings. The molecule has 0 aliphatic carbocycles. The summed E-state index contributed by atoms with van der Waals surface area (Å²) in [5.74, 6) is -0.0597. The van der Waals surface area contributed by atoms with Gasteiger partial charge in [0.05, 0.1) is 6.61 Å². The SMILES string of the molecule is CCCCCCCCOC(=O)C(C)=C(CCCCCCCC)CCCCCCCC. The molecule has 0 amide bonds. The van der Waals surface area contributed by atoms with Crippen molar-refractivity contribution in [1.82, 2.24) is 0 Å². The van der Waals surface area contributed by atoms with Gasteiger partial charge in [0.15, 0.2) is 0 Å². The molecule has 0 rings (SSSR count). The second-order valence-electron chi connectivity index (χ2n) is 9.17. The van der Waals surface area contributed by atoms with Gasteiger partial charge in [-0.3, -0.25) is 0 Å². The molecule has 0 unspecified atom stereocenters. The number of ether oxygens (including phenoxy) is 1. The van der Waals surface area contributed by atoms with Crippen LogP contribution in [0.25, 0.3) is 0 Å². The Balaban J connectivity index is 4.38. The molecule has 0 saturated heterocycles. The first-order valence-corrected chi connectivity index (χ1v) is 13.5. The molecule has 0 aliphatic heterocycles. The largest absolute Gasteiger partial charge is 0.462 e. The van der Waals surface area contributed by atoms with E-state index in [1.807, 2.05) is 6.92 Å². The highest BCUT2D eigenvalue weighted by Gasteiger charge is 2.12. The minimum atomic E-state index is -0.0597. The molecule has 0 aromatic carbocycles. The number of carbonyl (C=O) groups is 1. The molecule has 2 heteroatoms. The van der Waals surface area contributed by atoms with E-state index < -0.39 is 0 Å². The van der Waals surface area contributed by atoms with Gasteiger partial charge in [0, 0.05) is 5.57 Å². The highest BCUT2D eigenvalue weighted by molar-refractivity contribution is 5.88. The molecule has 0 heterocycles. The quantitative estimate of drug-likeness (QED) is 0.0985. The number of hydrogen-bond acceptors (Lipinski definition) is 2. The van der Waals surface area contributed by atoms with Crippen molar-refractivity contribution in [3.63, 3.8) is 0 Å². The second kappa shape index (κ2) is 22.9. The minimum absolute atomic E-state index is 0.0597. The van der Waals surface area contributed by atoms with Crippen LogP contribution in [-0.2, 0) is 9.53 Å². The average Bonchev–Trinajstić information content (AvgIpc) is 2.75. The normalized spacial score (nSPS) is 10.9. The summed E-state index contributed by atoms with van der Waals surface area (Å²) >= 11 is 0. The maximum absolute atomic E-state index is 12.6. The number of rotatable bonds is 22. The van der Waals surface area contributed by atoms with Crippen molar-refractivity contribution in [2.45, 2.75) is 156 Å². The van der Waals surface area contributed by atoms with Crippen LogP contribution < -0.4 is 0 Å². The summed E-state index contributed by atoms with van der Waals surface area (Å²) in [6, 6.07) is 0. The summed E-state index contributed by atoms with van der Waals surface area (Å²) in [6.07, 6.45) is 25.2. The molecule has 2 nitrogen and oxygen atoms in total. The number of hydrogen-bond donors (Lipinski definition) is 0. The third-order valence-corrected chi connectivity index (χ3v) is 6.23. The Kier molecular flexibility index (Phi) is 22.3. The predicted octanol–water partition coefficient (Wildman–Crippen LogP) is 9.71. The van der Waals surface area contributed by atoms with E-state index in [9.17, 15) is 4.79 Å². The van der Waals surface area contributed by atoms with Crippen molar-refractivity contribution in [3.05, 3.63) is 11.1 Å². The predicted molar refractivity (Wildman–Crippen MR) is 133 cm³/mol. The van der Waals surface area contributed by atoms with Crippen molar-refractivity contribution in [2.75, 3.05) is 6.61 Å². The molecular formula is C28H54O2. The van der Waals surface area contributed by atoms with Crippen molar-refractivity contribution in [1.29, 1.82) is 0 Å². The molecule has 0 aliphatic rings. The smallest absolute Gasteiger partial charge is 0.333 e. The van der Waals surface area contributed by atoms with E-state index in [0.717, 1.165) is 24.8 Å². The van der Waals surface area contributed by atoms with Crippen LogP contribution in [0.1, 0.15) is 156 Å². The topological polar surface area (TPSA) is 26.3 Å². The van der Waals surface area contributed by atoms with E-state index in [4.69, 9.17) is 4.74 Å². The Labute approximate surface area is 189 Å². The molecule has 0 aromatic heterocycles. The standard InChI is InChI=1S/C28H54O2/c1-5-8-11-14-17-20-23-27(24-21-18-15-12-9-6-2)26(4)28(29)30-25-22-19-16-13-10-7-3/h5-25H2,1-4H3. The van der Waals surface area contributed by atoms with Crippen LogP contribution >= 0.6 is 0 Å². The fraction of sp³-hybridized carbons (Fsp3) is 0.893. The molecule has 0 radical (unpaired) electrons. The van der Waals surface area contributed by atoms with Gasteiger partial charge in [-0.15, -0.1) is 0 Å². The number of allylic oxidation sites excluding steroid dienone is 1. The second-order valence-corrected chi connectivity index (χ2v) is 9.17. The van der Waals surface area contributed by atoms with Crippen LogP contribution in [0.3, 0.4) is 0 Å². The third-order valence-electron chi connectivity index (χ3n) is 6.23. The summed E-state index contributed by atoms with van der Waals surface area (Å²) in [6.45, 7) is 9.37. The molecule has 178 valence electrons. The Hall–Kier alpha value is -0.790. The van der Waals surface area contributed by atoms with Gasteiger partial charge < -0.3 is 4.74 Å². The summed E-state index contributed by atoms with van der Waals surface area (Å²) in [4.78, 5) is 12.6. The highest BCUT2D eigenvalue weighted by atomic mass is 16.5. The van der Waals surface area contributed by atoms with Crippen LogP contribution in [-0.4, -0.2) is 12.6 Å². The van der Waals surface area contributed by atoms with E-state index in [1.165, 1.54) is 115 Å². The molecule has 0 N–H and O–H groups in total. The summed E-state index contributed by atoms with van der Waals surface area (Å²) in [7, 11) is 0. The van der Waals surface area contributed by atoms with E-state index in [0.29, 0.717) is 6.61 Å². The van der Waals surface area contributed by atoms with Gasteiger partial charge in [0.25, 0.3) is 0 Å². The first-order chi connectivity index (χ1) is 14.7. The zero-order valence-corrected chi connectivity index (χ0v) is 21.2.